The Balaban J connectivity index is 3.17. The van der Waals surface area contributed by atoms with E-state index in [-0.39, 0.29) is 0 Å². The summed E-state index contributed by atoms with van der Waals surface area (Å²) in [5.41, 5.74) is 0. The van der Waals surface area contributed by atoms with Crippen molar-refractivity contribution in [3.05, 3.63) is 0 Å². The first-order valence-corrected chi connectivity index (χ1v) is 3.84. The lowest BCUT2D eigenvalue weighted by molar-refractivity contribution is -0.398. The van der Waals surface area contributed by atoms with Gasteiger partial charge in [-0.3, -0.25) is 0 Å². The zero-order valence-corrected chi connectivity index (χ0v) is 7.33. The highest BCUT2D eigenvalue weighted by Gasteiger charge is 2.78. The van der Waals surface area contributed by atoms with Crippen LogP contribution in [0.15, 0.2) is 0 Å². The predicted molar refractivity (Wildman–Crippen MR) is 34.9 cm³/mol. The summed E-state index contributed by atoms with van der Waals surface area (Å²) >= 11 is 0. The van der Waals surface area contributed by atoms with E-state index in [0.717, 1.165) is 0 Å². The molecule has 1 heterocycles. The summed E-state index contributed by atoms with van der Waals surface area (Å²) in [4.78, 5) is 0. The zero-order valence-electron chi connectivity index (χ0n) is 7.33. The lowest BCUT2D eigenvalue weighted by Crippen LogP contribution is -2.68. The zero-order chi connectivity index (χ0) is 11.4. The van der Waals surface area contributed by atoms with Gasteiger partial charge in [0, 0.05) is 0 Å². The monoisotopic (exact) mass is 222 g/mol. The first-order valence-electron chi connectivity index (χ1n) is 3.84. The second-order valence-electron chi connectivity index (χ2n) is 3.24. The molecule has 1 aliphatic heterocycles. The van der Waals surface area contributed by atoms with Crippen LogP contribution < -0.4 is 0 Å². The highest BCUT2D eigenvalue weighted by atomic mass is 19.3. The van der Waals surface area contributed by atoms with Gasteiger partial charge in [-0.05, 0) is 13.8 Å². The Labute approximate surface area is 76.0 Å². The van der Waals surface area contributed by atoms with E-state index in [4.69, 9.17) is 0 Å². The van der Waals surface area contributed by atoms with Crippen molar-refractivity contribution in [2.24, 2.45) is 0 Å². The van der Waals surface area contributed by atoms with Crippen LogP contribution in [0, 0.1) is 0 Å². The van der Waals surface area contributed by atoms with E-state index in [0.29, 0.717) is 13.8 Å². The van der Waals surface area contributed by atoms with Crippen LogP contribution in [-0.4, -0.2) is 30.0 Å². The van der Waals surface area contributed by atoms with Gasteiger partial charge in [-0.2, -0.15) is 26.3 Å². The van der Waals surface area contributed by atoms with E-state index in [1.807, 2.05) is 0 Å². The highest BCUT2D eigenvalue weighted by molar-refractivity contribution is 5.05. The number of ether oxygens (including phenoxy) is 1. The second-order valence-corrected chi connectivity index (χ2v) is 3.24. The van der Waals surface area contributed by atoms with Crippen LogP contribution >= 0.6 is 0 Å². The van der Waals surface area contributed by atoms with Crippen LogP contribution in [0.1, 0.15) is 13.8 Å². The van der Waals surface area contributed by atoms with E-state index < -0.39 is 30.0 Å². The van der Waals surface area contributed by atoms with Gasteiger partial charge in [0.1, 0.15) is 12.2 Å². The van der Waals surface area contributed by atoms with Crippen LogP contribution in [0.2, 0.25) is 0 Å². The second kappa shape index (κ2) is 2.77. The molecule has 0 N–H and O–H groups in total. The molecule has 0 aromatic rings. The van der Waals surface area contributed by atoms with Crippen molar-refractivity contribution in [1.29, 1.82) is 0 Å². The molecule has 0 aromatic carbocycles. The predicted octanol–water partition coefficient (Wildman–Crippen LogP) is 2.70. The van der Waals surface area contributed by atoms with Gasteiger partial charge in [-0.25, -0.2) is 0 Å². The van der Waals surface area contributed by atoms with Crippen molar-refractivity contribution < 1.29 is 31.1 Å². The first kappa shape index (κ1) is 11.6. The topological polar surface area (TPSA) is 9.23 Å². The average molecular weight is 222 g/mol. The maximum Gasteiger partial charge on any atom is 0.377 e. The van der Waals surface area contributed by atoms with Crippen LogP contribution in [0.3, 0.4) is 0 Å². The summed E-state index contributed by atoms with van der Waals surface area (Å²) in [6.07, 6.45) is -4.46. The van der Waals surface area contributed by atoms with Gasteiger partial charge in [0.2, 0.25) is 0 Å². The molecule has 2 unspecified atom stereocenters. The Morgan fingerprint density at radius 1 is 0.786 bits per heavy atom. The SMILES string of the molecule is CC1OC(C)C(F)(F)C(F)(F)C1(F)F. The number of alkyl halides is 6. The van der Waals surface area contributed by atoms with Crippen LogP contribution in [-0.2, 0) is 4.74 Å². The summed E-state index contributed by atoms with van der Waals surface area (Å²) in [5.74, 6) is -15.1. The Bertz CT molecular complexity index is 216. The highest BCUT2D eigenvalue weighted by Crippen LogP contribution is 2.53. The van der Waals surface area contributed by atoms with Crippen molar-refractivity contribution in [2.75, 3.05) is 0 Å². The molecule has 1 rings (SSSR count). The lowest BCUT2D eigenvalue weighted by atomic mass is 9.93. The minimum absolute atomic E-state index is 0.639. The van der Waals surface area contributed by atoms with Gasteiger partial charge in [-0.15, -0.1) is 0 Å². The maximum atomic E-state index is 12.7. The fourth-order valence-corrected chi connectivity index (χ4v) is 1.21. The van der Waals surface area contributed by atoms with Crippen molar-refractivity contribution in [3.8, 4) is 0 Å². The number of hydrogen-bond donors (Lipinski definition) is 0. The normalized spacial score (nSPS) is 39.4. The maximum absolute atomic E-state index is 12.7. The molecular formula is C7H8F6O. The standard InChI is InChI=1S/C7H8F6O/c1-3-5(8,9)7(12,13)6(10,11)4(2)14-3/h3-4H,1-2H3. The van der Waals surface area contributed by atoms with E-state index in [1.54, 1.807) is 0 Å². The van der Waals surface area contributed by atoms with Crippen molar-refractivity contribution in [1.82, 2.24) is 0 Å². The smallest absolute Gasteiger partial charge is 0.363 e. The Morgan fingerprint density at radius 2 is 1.07 bits per heavy atom. The number of hydrogen-bond acceptors (Lipinski definition) is 1. The fourth-order valence-electron chi connectivity index (χ4n) is 1.21. The summed E-state index contributed by atoms with van der Waals surface area (Å²) in [6.45, 7) is 1.28. The summed E-state index contributed by atoms with van der Waals surface area (Å²) in [5, 5.41) is 0. The molecule has 2 atom stereocenters. The summed E-state index contributed by atoms with van der Waals surface area (Å²) in [7, 11) is 0. The van der Waals surface area contributed by atoms with Crippen molar-refractivity contribution in [2.45, 2.75) is 43.8 Å². The third kappa shape index (κ3) is 1.14. The van der Waals surface area contributed by atoms with Gasteiger partial charge < -0.3 is 4.74 Å². The minimum atomic E-state index is -5.38. The molecule has 0 radical (unpaired) electrons. The minimum Gasteiger partial charge on any atom is -0.363 e. The van der Waals surface area contributed by atoms with Crippen molar-refractivity contribution >= 4 is 0 Å². The number of rotatable bonds is 0. The van der Waals surface area contributed by atoms with E-state index >= 15 is 0 Å². The third-order valence-electron chi connectivity index (χ3n) is 2.27. The summed E-state index contributed by atoms with van der Waals surface area (Å²) in [6, 6.07) is 0. The lowest BCUT2D eigenvalue weighted by Gasteiger charge is -2.44. The van der Waals surface area contributed by atoms with E-state index in [2.05, 4.69) is 4.74 Å². The molecule has 0 aromatic heterocycles. The number of halogens is 6. The van der Waals surface area contributed by atoms with Gasteiger partial charge >= 0.3 is 17.8 Å². The largest absolute Gasteiger partial charge is 0.377 e. The third-order valence-corrected chi connectivity index (χ3v) is 2.27. The van der Waals surface area contributed by atoms with Gasteiger partial charge in [0.15, 0.2) is 0 Å². The Kier molecular flexibility index (Phi) is 2.30. The van der Waals surface area contributed by atoms with Gasteiger partial charge in [-0.1, -0.05) is 0 Å². The molecule has 0 bridgehead atoms. The average Bonchev–Trinajstić information content (AvgIpc) is 2.01. The van der Waals surface area contributed by atoms with E-state index in [1.165, 1.54) is 0 Å². The van der Waals surface area contributed by atoms with Crippen LogP contribution in [0.5, 0.6) is 0 Å². The summed E-state index contributed by atoms with van der Waals surface area (Å²) < 4.78 is 80.2. The molecule has 84 valence electrons. The quantitative estimate of drug-likeness (QED) is 0.572. The molecule has 0 spiro atoms. The molecule has 1 fully saturated rings. The molecular weight excluding hydrogens is 214 g/mol. The van der Waals surface area contributed by atoms with Gasteiger partial charge in [0.05, 0.1) is 0 Å². The molecule has 1 nitrogen and oxygen atoms in total. The Morgan fingerprint density at radius 3 is 1.36 bits per heavy atom. The molecule has 0 amide bonds. The van der Waals surface area contributed by atoms with Crippen molar-refractivity contribution in [3.63, 3.8) is 0 Å². The Hall–Kier alpha value is -0.460. The molecule has 1 aliphatic rings. The molecule has 14 heavy (non-hydrogen) atoms. The molecule has 0 saturated carbocycles. The van der Waals surface area contributed by atoms with Crippen LogP contribution in [0.4, 0.5) is 26.3 Å². The van der Waals surface area contributed by atoms with Crippen LogP contribution in [0.25, 0.3) is 0 Å². The van der Waals surface area contributed by atoms with Gasteiger partial charge in [0.25, 0.3) is 0 Å². The molecule has 0 aliphatic carbocycles. The van der Waals surface area contributed by atoms with E-state index in [9.17, 15) is 26.3 Å². The molecule has 1 saturated heterocycles. The first-order chi connectivity index (χ1) is 6.05. The molecule has 7 heteroatoms. The fraction of sp³-hybridized carbons (Fsp3) is 1.00.